The van der Waals surface area contributed by atoms with Crippen molar-refractivity contribution in [3.63, 3.8) is 0 Å². The molecule has 0 saturated heterocycles. The Balaban J connectivity index is 2.48. The second-order valence-electron chi connectivity index (χ2n) is 3.97. The third-order valence-corrected chi connectivity index (χ3v) is 2.64. The van der Waals surface area contributed by atoms with E-state index in [9.17, 15) is 9.18 Å². The summed E-state index contributed by atoms with van der Waals surface area (Å²) in [5.41, 5.74) is 2.14. The van der Waals surface area contributed by atoms with Crippen LogP contribution in [0.3, 0.4) is 0 Å². The third-order valence-electron chi connectivity index (χ3n) is 2.64. The second kappa shape index (κ2) is 5.04. The number of H-pyrrole nitrogens is 1. The lowest BCUT2D eigenvalue weighted by atomic mass is 10.0. The van der Waals surface area contributed by atoms with Gasteiger partial charge in [-0.25, -0.2) is 9.18 Å². The van der Waals surface area contributed by atoms with Crippen molar-refractivity contribution >= 4 is 5.97 Å². The molecular formula is C14H14FNO2. The Bertz CT molecular complexity index is 575. The van der Waals surface area contributed by atoms with Crippen molar-refractivity contribution in [2.24, 2.45) is 0 Å². The van der Waals surface area contributed by atoms with Crippen LogP contribution in [0, 0.1) is 12.7 Å². The lowest BCUT2D eigenvalue weighted by Gasteiger charge is -2.06. The fourth-order valence-electron chi connectivity index (χ4n) is 1.81. The van der Waals surface area contributed by atoms with E-state index in [0.29, 0.717) is 11.1 Å². The van der Waals surface area contributed by atoms with Crippen molar-refractivity contribution in [2.75, 3.05) is 6.61 Å². The summed E-state index contributed by atoms with van der Waals surface area (Å²) in [6.07, 6.45) is 1.60. The molecule has 0 aliphatic rings. The number of rotatable bonds is 3. The average molecular weight is 247 g/mol. The highest BCUT2D eigenvalue weighted by molar-refractivity contribution is 5.95. The Hall–Kier alpha value is -2.10. The molecule has 2 aromatic rings. The summed E-state index contributed by atoms with van der Waals surface area (Å²) in [6.45, 7) is 3.89. The maximum Gasteiger partial charge on any atom is 0.355 e. The van der Waals surface area contributed by atoms with Gasteiger partial charge in [0.15, 0.2) is 0 Å². The van der Waals surface area contributed by atoms with Gasteiger partial charge in [0.25, 0.3) is 0 Å². The van der Waals surface area contributed by atoms with E-state index in [1.54, 1.807) is 31.3 Å². The van der Waals surface area contributed by atoms with Crippen molar-refractivity contribution in [2.45, 2.75) is 13.8 Å². The van der Waals surface area contributed by atoms with Gasteiger partial charge in [0.05, 0.1) is 6.61 Å². The maximum absolute atomic E-state index is 13.8. The molecule has 0 saturated carbocycles. The number of carbonyl (C=O) groups is 1. The molecule has 2 rings (SSSR count). The van der Waals surface area contributed by atoms with Crippen LogP contribution in [0.5, 0.6) is 0 Å². The molecule has 0 atom stereocenters. The van der Waals surface area contributed by atoms with E-state index in [1.165, 1.54) is 6.07 Å². The standard InChI is InChI=1S/C14H14FNO2/c1-3-18-14(17)13-10(6-7-16-13)11-8-9(2)4-5-12(11)15/h4-8,16H,3H2,1-2H3. The van der Waals surface area contributed by atoms with Crippen LogP contribution in [0.25, 0.3) is 11.1 Å². The van der Waals surface area contributed by atoms with Gasteiger partial charge in [0.2, 0.25) is 0 Å². The molecule has 1 aromatic carbocycles. The monoisotopic (exact) mass is 247 g/mol. The van der Waals surface area contributed by atoms with E-state index < -0.39 is 5.97 Å². The second-order valence-corrected chi connectivity index (χ2v) is 3.97. The summed E-state index contributed by atoms with van der Waals surface area (Å²) in [5.74, 6) is -0.829. The first-order chi connectivity index (χ1) is 8.63. The van der Waals surface area contributed by atoms with Crippen LogP contribution >= 0.6 is 0 Å². The quantitative estimate of drug-likeness (QED) is 0.845. The van der Waals surface area contributed by atoms with Gasteiger partial charge in [-0.2, -0.15) is 0 Å². The van der Waals surface area contributed by atoms with E-state index in [4.69, 9.17) is 4.74 Å². The van der Waals surface area contributed by atoms with Crippen molar-refractivity contribution in [1.82, 2.24) is 4.98 Å². The molecule has 0 spiro atoms. The number of aromatic nitrogens is 1. The number of nitrogens with one attached hydrogen (secondary N) is 1. The van der Waals surface area contributed by atoms with Crippen molar-refractivity contribution in [1.29, 1.82) is 0 Å². The number of halogens is 1. The molecule has 3 nitrogen and oxygen atoms in total. The van der Waals surface area contributed by atoms with Crippen molar-refractivity contribution in [3.8, 4) is 11.1 Å². The van der Waals surface area contributed by atoms with E-state index in [-0.39, 0.29) is 18.1 Å². The van der Waals surface area contributed by atoms with Gasteiger partial charge in [0.1, 0.15) is 11.5 Å². The Morgan fingerprint density at radius 1 is 1.33 bits per heavy atom. The molecule has 0 radical (unpaired) electrons. The minimum absolute atomic E-state index is 0.279. The Morgan fingerprint density at radius 2 is 2.11 bits per heavy atom. The number of esters is 1. The van der Waals surface area contributed by atoms with Gasteiger partial charge in [-0.05, 0) is 32.0 Å². The molecule has 0 aliphatic heterocycles. The highest BCUT2D eigenvalue weighted by Crippen LogP contribution is 2.27. The van der Waals surface area contributed by atoms with Crippen LogP contribution < -0.4 is 0 Å². The number of hydrogen-bond donors (Lipinski definition) is 1. The molecule has 0 unspecified atom stereocenters. The molecular weight excluding hydrogens is 233 g/mol. The highest BCUT2D eigenvalue weighted by Gasteiger charge is 2.17. The van der Waals surface area contributed by atoms with Crippen LogP contribution in [0.2, 0.25) is 0 Å². The van der Waals surface area contributed by atoms with Gasteiger partial charge in [-0.15, -0.1) is 0 Å². The smallest absolute Gasteiger partial charge is 0.355 e. The van der Waals surface area contributed by atoms with Crippen LogP contribution in [-0.4, -0.2) is 17.6 Å². The van der Waals surface area contributed by atoms with Crippen LogP contribution in [0.4, 0.5) is 4.39 Å². The molecule has 94 valence electrons. The summed E-state index contributed by atoms with van der Waals surface area (Å²) in [4.78, 5) is 14.5. The summed E-state index contributed by atoms with van der Waals surface area (Å²) in [7, 11) is 0. The topological polar surface area (TPSA) is 42.1 Å². The van der Waals surface area contributed by atoms with Crippen molar-refractivity contribution in [3.05, 3.63) is 47.5 Å². The van der Waals surface area contributed by atoms with Crippen LogP contribution in [0.15, 0.2) is 30.5 Å². The Kier molecular flexibility index (Phi) is 3.46. The minimum Gasteiger partial charge on any atom is -0.461 e. The SMILES string of the molecule is CCOC(=O)c1[nH]ccc1-c1cc(C)ccc1F. The normalized spacial score (nSPS) is 10.4. The first-order valence-corrected chi connectivity index (χ1v) is 5.74. The fourth-order valence-corrected chi connectivity index (χ4v) is 1.81. The van der Waals surface area contributed by atoms with E-state index >= 15 is 0 Å². The maximum atomic E-state index is 13.8. The molecule has 1 N–H and O–H groups in total. The molecule has 1 heterocycles. The predicted molar refractivity (Wildman–Crippen MR) is 66.9 cm³/mol. The molecule has 18 heavy (non-hydrogen) atoms. The lowest BCUT2D eigenvalue weighted by molar-refractivity contribution is 0.0521. The minimum atomic E-state index is -0.474. The van der Waals surface area contributed by atoms with Gasteiger partial charge >= 0.3 is 5.97 Å². The molecule has 1 aromatic heterocycles. The Morgan fingerprint density at radius 3 is 2.83 bits per heavy atom. The number of aryl methyl sites for hydroxylation is 1. The molecule has 0 fully saturated rings. The van der Waals surface area contributed by atoms with Gasteiger partial charge < -0.3 is 9.72 Å². The molecule has 0 bridgehead atoms. The number of benzene rings is 1. The summed E-state index contributed by atoms with van der Waals surface area (Å²) < 4.78 is 18.7. The average Bonchev–Trinajstić information content (AvgIpc) is 2.81. The number of hydrogen-bond acceptors (Lipinski definition) is 2. The highest BCUT2D eigenvalue weighted by atomic mass is 19.1. The first kappa shape index (κ1) is 12.4. The molecule has 0 aliphatic carbocycles. The largest absolute Gasteiger partial charge is 0.461 e. The fraction of sp³-hybridized carbons (Fsp3) is 0.214. The number of aromatic amines is 1. The van der Waals surface area contributed by atoms with E-state index in [1.807, 2.05) is 6.92 Å². The van der Waals surface area contributed by atoms with Gasteiger partial charge in [-0.1, -0.05) is 11.6 Å². The summed E-state index contributed by atoms with van der Waals surface area (Å²) >= 11 is 0. The van der Waals surface area contributed by atoms with Crippen LogP contribution in [-0.2, 0) is 4.74 Å². The number of ether oxygens (including phenoxy) is 1. The van der Waals surface area contributed by atoms with Gasteiger partial charge in [-0.3, -0.25) is 0 Å². The zero-order valence-corrected chi connectivity index (χ0v) is 10.3. The lowest BCUT2D eigenvalue weighted by Crippen LogP contribution is -2.06. The van der Waals surface area contributed by atoms with E-state index in [2.05, 4.69) is 4.98 Å². The molecule has 0 amide bonds. The van der Waals surface area contributed by atoms with Crippen molar-refractivity contribution < 1.29 is 13.9 Å². The Labute approximate surface area is 105 Å². The predicted octanol–water partition coefficient (Wildman–Crippen LogP) is 3.31. The summed E-state index contributed by atoms with van der Waals surface area (Å²) in [6, 6.07) is 6.47. The van der Waals surface area contributed by atoms with Gasteiger partial charge in [0, 0.05) is 17.3 Å². The first-order valence-electron chi connectivity index (χ1n) is 5.74. The molecule has 4 heteroatoms. The van der Waals surface area contributed by atoms with E-state index in [0.717, 1.165) is 5.56 Å². The zero-order valence-electron chi connectivity index (χ0n) is 10.3. The summed E-state index contributed by atoms with van der Waals surface area (Å²) in [5, 5.41) is 0. The van der Waals surface area contributed by atoms with Crippen LogP contribution in [0.1, 0.15) is 23.0 Å². The zero-order chi connectivity index (χ0) is 13.1. The number of carbonyl (C=O) groups excluding carboxylic acids is 1. The third kappa shape index (κ3) is 2.27.